The summed E-state index contributed by atoms with van der Waals surface area (Å²) < 4.78 is 12.7. The van der Waals surface area contributed by atoms with Gasteiger partial charge in [-0.1, -0.05) is 84.9 Å². The predicted molar refractivity (Wildman–Crippen MR) is 172 cm³/mol. The van der Waals surface area contributed by atoms with Crippen LogP contribution in [0.15, 0.2) is 136 Å². The molecular weight excluding hydrogens is 546 g/mol. The predicted octanol–water partition coefficient (Wildman–Crippen LogP) is 9.13. The molecule has 0 saturated heterocycles. The molecule has 0 saturated carbocycles. The van der Waals surface area contributed by atoms with Crippen molar-refractivity contribution in [3.05, 3.63) is 128 Å². The van der Waals surface area contributed by atoms with E-state index in [-0.39, 0.29) is 0 Å². The van der Waals surface area contributed by atoms with Crippen LogP contribution in [0.2, 0.25) is 0 Å². The molecule has 0 radical (unpaired) electrons. The van der Waals surface area contributed by atoms with Crippen molar-refractivity contribution >= 4 is 44.0 Å². The van der Waals surface area contributed by atoms with Crippen LogP contribution >= 0.6 is 0 Å². The van der Waals surface area contributed by atoms with E-state index in [9.17, 15) is 0 Å². The maximum Gasteiger partial charge on any atom is 0.180 e. The van der Waals surface area contributed by atoms with Gasteiger partial charge in [-0.3, -0.25) is 0 Å². The van der Waals surface area contributed by atoms with E-state index in [0.29, 0.717) is 28.6 Å². The first kappa shape index (κ1) is 24.4. The van der Waals surface area contributed by atoms with Crippen LogP contribution in [0.1, 0.15) is 0 Å². The molecule has 0 N–H and O–H groups in total. The van der Waals surface area contributed by atoms with Crippen LogP contribution in [-0.4, -0.2) is 24.9 Å². The van der Waals surface area contributed by atoms with Gasteiger partial charge in [-0.05, 0) is 36.4 Å². The van der Waals surface area contributed by atoms with Gasteiger partial charge < -0.3 is 8.83 Å². The highest BCUT2D eigenvalue weighted by molar-refractivity contribution is 6.11. The zero-order valence-corrected chi connectivity index (χ0v) is 23.2. The Kier molecular flexibility index (Phi) is 5.36. The molecule has 4 aromatic heterocycles. The van der Waals surface area contributed by atoms with Gasteiger partial charge in [0, 0.05) is 32.8 Å². The van der Waals surface area contributed by atoms with Gasteiger partial charge in [0.2, 0.25) is 0 Å². The van der Waals surface area contributed by atoms with E-state index in [4.69, 9.17) is 23.8 Å². The first-order chi connectivity index (χ1) is 21.8. The number of rotatable bonds is 4. The standard InChI is InChI=1S/C37H21N5O2/c1-3-10-22(11-4-1)35-40-36(23-12-5-2-6-13-23)42-37(41-35)27-16-9-15-25-28-20-24(18-19-30(28)43-33(25)27)31-34-32(39-21-38-31)26-14-7-8-17-29(26)44-34/h1-21H. The van der Waals surface area contributed by atoms with Crippen molar-refractivity contribution in [3.8, 4) is 45.4 Å². The highest BCUT2D eigenvalue weighted by Gasteiger charge is 2.19. The van der Waals surface area contributed by atoms with Crippen LogP contribution in [-0.2, 0) is 0 Å². The molecule has 44 heavy (non-hydrogen) atoms. The average Bonchev–Trinajstić information content (AvgIpc) is 3.67. The Labute approximate surface area is 250 Å². The highest BCUT2D eigenvalue weighted by Crippen LogP contribution is 2.39. The van der Waals surface area contributed by atoms with E-state index >= 15 is 0 Å². The van der Waals surface area contributed by atoms with Crippen molar-refractivity contribution in [1.82, 2.24) is 24.9 Å². The first-order valence-electron chi connectivity index (χ1n) is 14.3. The third kappa shape index (κ3) is 3.87. The second-order valence-electron chi connectivity index (χ2n) is 10.5. The minimum Gasteiger partial charge on any atom is -0.455 e. The van der Waals surface area contributed by atoms with Crippen LogP contribution in [0.3, 0.4) is 0 Å². The summed E-state index contributed by atoms with van der Waals surface area (Å²) in [5.74, 6) is 1.74. The summed E-state index contributed by atoms with van der Waals surface area (Å²) in [5.41, 5.74) is 7.97. The van der Waals surface area contributed by atoms with E-state index in [1.807, 2.05) is 109 Å². The lowest BCUT2D eigenvalue weighted by molar-refractivity contribution is 0.666. The SMILES string of the molecule is c1ccc(-c2nc(-c3ccccc3)nc(-c3cccc4c3oc3ccc(-c5ncnc6c5oc5ccccc56)cc34)n2)cc1. The Hall–Kier alpha value is -6.21. The second-order valence-corrected chi connectivity index (χ2v) is 10.5. The van der Waals surface area contributed by atoms with Crippen molar-refractivity contribution in [2.24, 2.45) is 0 Å². The number of aromatic nitrogens is 5. The van der Waals surface area contributed by atoms with Crippen LogP contribution in [0, 0.1) is 0 Å². The molecule has 0 fully saturated rings. The van der Waals surface area contributed by atoms with E-state index < -0.39 is 0 Å². The molecule has 0 aliphatic rings. The molecule has 0 spiro atoms. The smallest absolute Gasteiger partial charge is 0.180 e. The van der Waals surface area contributed by atoms with Crippen LogP contribution in [0.25, 0.3) is 89.4 Å². The van der Waals surface area contributed by atoms with Gasteiger partial charge >= 0.3 is 0 Å². The molecule has 0 bridgehead atoms. The summed E-state index contributed by atoms with van der Waals surface area (Å²) in [7, 11) is 0. The van der Waals surface area contributed by atoms with Gasteiger partial charge in [-0.15, -0.1) is 0 Å². The summed E-state index contributed by atoms with van der Waals surface area (Å²) in [6.07, 6.45) is 1.59. The summed E-state index contributed by atoms with van der Waals surface area (Å²) in [6, 6.07) is 39.9. The Morgan fingerprint density at radius 1 is 0.432 bits per heavy atom. The van der Waals surface area contributed by atoms with E-state index in [2.05, 4.69) is 22.1 Å². The van der Waals surface area contributed by atoms with E-state index in [0.717, 1.165) is 60.8 Å². The van der Waals surface area contributed by atoms with Crippen molar-refractivity contribution in [1.29, 1.82) is 0 Å². The van der Waals surface area contributed by atoms with Crippen molar-refractivity contribution in [2.45, 2.75) is 0 Å². The topological polar surface area (TPSA) is 90.7 Å². The largest absolute Gasteiger partial charge is 0.455 e. The lowest BCUT2D eigenvalue weighted by Gasteiger charge is -2.08. The van der Waals surface area contributed by atoms with Crippen LogP contribution in [0.4, 0.5) is 0 Å². The van der Waals surface area contributed by atoms with Crippen molar-refractivity contribution < 1.29 is 8.83 Å². The third-order valence-corrected chi connectivity index (χ3v) is 7.87. The van der Waals surface area contributed by atoms with E-state index in [1.54, 1.807) is 6.33 Å². The van der Waals surface area contributed by atoms with Gasteiger partial charge in [-0.2, -0.15) is 0 Å². The Morgan fingerprint density at radius 2 is 1.07 bits per heavy atom. The lowest BCUT2D eigenvalue weighted by Crippen LogP contribution is -2.00. The molecule has 9 rings (SSSR count). The average molecular weight is 568 g/mol. The number of fused-ring (bicyclic) bond motifs is 6. The Morgan fingerprint density at radius 3 is 1.84 bits per heavy atom. The fraction of sp³-hybridized carbons (Fsp3) is 0. The molecule has 7 heteroatoms. The monoisotopic (exact) mass is 567 g/mol. The molecule has 9 aromatic rings. The van der Waals surface area contributed by atoms with E-state index in [1.165, 1.54) is 0 Å². The molecular formula is C37H21N5O2. The normalized spacial score (nSPS) is 11.6. The van der Waals surface area contributed by atoms with Gasteiger partial charge in [-0.25, -0.2) is 24.9 Å². The zero-order chi connectivity index (χ0) is 29.0. The Balaban J connectivity index is 1.24. The number of para-hydroxylation sites is 2. The summed E-state index contributed by atoms with van der Waals surface area (Å²) in [4.78, 5) is 23.8. The number of nitrogens with zero attached hydrogens (tertiary/aromatic N) is 5. The maximum absolute atomic E-state index is 6.50. The first-order valence-corrected chi connectivity index (χ1v) is 14.3. The number of furan rings is 2. The lowest BCUT2D eigenvalue weighted by atomic mass is 10.0. The molecule has 0 atom stereocenters. The quantitative estimate of drug-likeness (QED) is 0.209. The molecule has 7 nitrogen and oxygen atoms in total. The molecule has 5 aromatic carbocycles. The van der Waals surface area contributed by atoms with Crippen molar-refractivity contribution in [3.63, 3.8) is 0 Å². The summed E-state index contributed by atoms with van der Waals surface area (Å²) in [6.45, 7) is 0. The van der Waals surface area contributed by atoms with Crippen molar-refractivity contribution in [2.75, 3.05) is 0 Å². The number of hydrogen-bond donors (Lipinski definition) is 0. The fourth-order valence-electron chi connectivity index (χ4n) is 5.78. The minimum atomic E-state index is 0.544. The maximum atomic E-state index is 6.50. The second kappa shape index (κ2) is 9.68. The Bertz CT molecular complexity index is 2440. The van der Waals surface area contributed by atoms with Gasteiger partial charge in [0.1, 0.15) is 34.3 Å². The summed E-state index contributed by atoms with van der Waals surface area (Å²) >= 11 is 0. The van der Waals surface area contributed by atoms with Gasteiger partial charge in [0.25, 0.3) is 0 Å². The number of hydrogen-bond acceptors (Lipinski definition) is 7. The molecule has 0 aliphatic heterocycles. The number of benzene rings is 5. The zero-order valence-electron chi connectivity index (χ0n) is 23.2. The molecule has 4 heterocycles. The minimum absolute atomic E-state index is 0.544. The molecule has 0 unspecified atom stereocenters. The fourth-order valence-corrected chi connectivity index (χ4v) is 5.78. The molecule has 206 valence electrons. The van der Waals surface area contributed by atoms with Crippen LogP contribution < -0.4 is 0 Å². The van der Waals surface area contributed by atoms with Gasteiger partial charge in [0.05, 0.1) is 5.56 Å². The molecule has 0 aliphatic carbocycles. The highest BCUT2D eigenvalue weighted by atomic mass is 16.3. The molecule has 0 amide bonds. The third-order valence-electron chi connectivity index (χ3n) is 7.87. The van der Waals surface area contributed by atoms with Gasteiger partial charge in [0.15, 0.2) is 23.1 Å². The van der Waals surface area contributed by atoms with Crippen LogP contribution in [0.5, 0.6) is 0 Å². The summed E-state index contributed by atoms with van der Waals surface area (Å²) in [5, 5.41) is 2.88.